The van der Waals surface area contributed by atoms with Crippen LogP contribution in [0.4, 0.5) is 0 Å². The molecular weight excluding hydrogens is 290 g/mol. The standard InChI is InChI=1S/C18H25N3O2/c1-13-16(14(2)21(20-13)9-10-22)12-19-17-8-11-23-18(17)15-6-4-3-5-7-15/h3-7,17-19,22H,8-12H2,1-2H3. The molecule has 2 atom stereocenters. The fraction of sp³-hybridized carbons (Fsp3) is 0.500. The average Bonchev–Trinajstić information content (AvgIpc) is 3.13. The highest BCUT2D eigenvalue weighted by Gasteiger charge is 2.29. The van der Waals surface area contributed by atoms with E-state index < -0.39 is 0 Å². The van der Waals surface area contributed by atoms with Crippen LogP contribution in [0.2, 0.25) is 0 Å². The van der Waals surface area contributed by atoms with Crippen LogP contribution in [-0.4, -0.2) is 34.1 Å². The van der Waals surface area contributed by atoms with Gasteiger partial charge in [0.25, 0.3) is 0 Å². The van der Waals surface area contributed by atoms with Crippen LogP contribution in [0.25, 0.3) is 0 Å². The van der Waals surface area contributed by atoms with Gasteiger partial charge in [0.05, 0.1) is 24.9 Å². The summed E-state index contributed by atoms with van der Waals surface area (Å²) >= 11 is 0. The number of aliphatic hydroxyl groups excluding tert-OH is 1. The van der Waals surface area contributed by atoms with Crippen molar-refractivity contribution < 1.29 is 9.84 Å². The minimum Gasteiger partial charge on any atom is -0.394 e. The minimum atomic E-state index is 0.112. The molecule has 2 unspecified atom stereocenters. The summed E-state index contributed by atoms with van der Waals surface area (Å²) in [7, 11) is 0. The summed E-state index contributed by atoms with van der Waals surface area (Å²) in [6.07, 6.45) is 1.13. The molecule has 0 saturated carbocycles. The Bertz CT molecular complexity index is 639. The summed E-state index contributed by atoms with van der Waals surface area (Å²) in [5.74, 6) is 0. The van der Waals surface area contributed by atoms with Crippen molar-refractivity contribution in [2.45, 2.75) is 45.5 Å². The third kappa shape index (κ3) is 3.47. The lowest BCUT2D eigenvalue weighted by Crippen LogP contribution is -2.31. The van der Waals surface area contributed by atoms with Crippen LogP contribution < -0.4 is 5.32 Å². The van der Waals surface area contributed by atoms with Crippen molar-refractivity contribution in [3.05, 3.63) is 52.8 Å². The minimum absolute atomic E-state index is 0.112. The van der Waals surface area contributed by atoms with Crippen LogP contribution in [0.15, 0.2) is 30.3 Å². The molecule has 0 aliphatic carbocycles. The van der Waals surface area contributed by atoms with Crippen LogP contribution in [0.5, 0.6) is 0 Å². The second-order valence-corrected chi connectivity index (χ2v) is 6.07. The summed E-state index contributed by atoms with van der Waals surface area (Å²) in [6.45, 7) is 6.32. The van der Waals surface area contributed by atoms with Crippen LogP contribution >= 0.6 is 0 Å². The first kappa shape index (κ1) is 16.2. The quantitative estimate of drug-likeness (QED) is 0.857. The summed E-state index contributed by atoms with van der Waals surface area (Å²) in [5.41, 5.74) is 4.60. The molecule has 5 nitrogen and oxygen atoms in total. The molecule has 1 aliphatic heterocycles. The van der Waals surface area contributed by atoms with Gasteiger partial charge in [-0.2, -0.15) is 5.10 Å². The van der Waals surface area contributed by atoms with E-state index in [9.17, 15) is 0 Å². The first-order chi connectivity index (χ1) is 11.2. The molecule has 2 aromatic rings. The van der Waals surface area contributed by atoms with E-state index in [1.54, 1.807) is 0 Å². The normalized spacial score (nSPS) is 21.0. The van der Waals surface area contributed by atoms with Crippen molar-refractivity contribution >= 4 is 0 Å². The summed E-state index contributed by atoms with van der Waals surface area (Å²) in [6, 6.07) is 10.7. The maximum atomic E-state index is 9.11. The number of rotatable bonds is 6. The summed E-state index contributed by atoms with van der Waals surface area (Å²) < 4.78 is 7.81. The number of aryl methyl sites for hydroxylation is 1. The van der Waals surface area contributed by atoms with Crippen molar-refractivity contribution in [3.8, 4) is 0 Å². The van der Waals surface area contributed by atoms with Crippen LogP contribution in [0.3, 0.4) is 0 Å². The monoisotopic (exact) mass is 315 g/mol. The smallest absolute Gasteiger partial charge is 0.0978 e. The third-order valence-electron chi connectivity index (χ3n) is 4.60. The zero-order chi connectivity index (χ0) is 16.2. The Morgan fingerprint density at radius 2 is 2.09 bits per heavy atom. The molecular formula is C18H25N3O2. The zero-order valence-electron chi connectivity index (χ0n) is 13.8. The molecule has 1 saturated heterocycles. The van der Waals surface area contributed by atoms with Crippen molar-refractivity contribution in [2.75, 3.05) is 13.2 Å². The van der Waals surface area contributed by atoms with Gasteiger partial charge in [-0.3, -0.25) is 4.68 Å². The van der Waals surface area contributed by atoms with Gasteiger partial charge in [0.1, 0.15) is 0 Å². The first-order valence-electron chi connectivity index (χ1n) is 8.24. The van der Waals surface area contributed by atoms with E-state index in [1.165, 1.54) is 11.1 Å². The Kier molecular flexibility index (Phi) is 5.10. The van der Waals surface area contributed by atoms with Gasteiger partial charge in [-0.1, -0.05) is 30.3 Å². The number of aliphatic hydroxyl groups is 1. The summed E-state index contributed by atoms with van der Waals surface area (Å²) in [5, 5.41) is 17.3. The van der Waals surface area contributed by atoms with E-state index in [2.05, 4.69) is 41.6 Å². The molecule has 3 rings (SSSR count). The second kappa shape index (κ2) is 7.25. The number of benzene rings is 1. The molecule has 0 amide bonds. The fourth-order valence-electron chi connectivity index (χ4n) is 3.31. The lowest BCUT2D eigenvalue weighted by atomic mass is 10.0. The van der Waals surface area contributed by atoms with E-state index >= 15 is 0 Å². The van der Waals surface area contributed by atoms with Gasteiger partial charge in [0.15, 0.2) is 0 Å². The van der Waals surface area contributed by atoms with Gasteiger partial charge in [-0.05, 0) is 25.8 Å². The van der Waals surface area contributed by atoms with Gasteiger partial charge in [-0.25, -0.2) is 0 Å². The number of nitrogens with one attached hydrogen (secondary N) is 1. The Balaban J connectivity index is 1.68. The SMILES string of the molecule is Cc1nn(CCO)c(C)c1CNC1CCOC1c1ccccc1. The molecule has 1 aromatic carbocycles. The molecule has 1 fully saturated rings. The van der Waals surface area contributed by atoms with E-state index in [0.717, 1.165) is 31.0 Å². The van der Waals surface area contributed by atoms with E-state index in [0.29, 0.717) is 12.6 Å². The Hall–Kier alpha value is -1.69. The average molecular weight is 315 g/mol. The Morgan fingerprint density at radius 3 is 2.83 bits per heavy atom. The molecule has 5 heteroatoms. The van der Waals surface area contributed by atoms with Gasteiger partial charge in [-0.15, -0.1) is 0 Å². The molecule has 0 radical (unpaired) electrons. The zero-order valence-corrected chi connectivity index (χ0v) is 13.8. The topological polar surface area (TPSA) is 59.3 Å². The lowest BCUT2D eigenvalue weighted by Gasteiger charge is -2.20. The number of hydrogen-bond acceptors (Lipinski definition) is 4. The van der Waals surface area contributed by atoms with E-state index in [1.807, 2.05) is 17.7 Å². The highest BCUT2D eigenvalue weighted by Crippen LogP contribution is 2.29. The molecule has 1 aromatic heterocycles. The molecule has 0 bridgehead atoms. The molecule has 2 N–H and O–H groups in total. The number of ether oxygens (including phenoxy) is 1. The molecule has 124 valence electrons. The molecule has 23 heavy (non-hydrogen) atoms. The summed E-state index contributed by atoms with van der Waals surface area (Å²) in [4.78, 5) is 0. The second-order valence-electron chi connectivity index (χ2n) is 6.07. The van der Waals surface area contributed by atoms with Crippen molar-refractivity contribution in [1.29, 1.82) is 0 Å². The lowest BCUT2D eigenvalue weighted by molar-refractivity contribution is 0.0984. The van der Waals surface area contributed by atoms with E-state index in [-0.39, 0.29) is 12.7 Å². The van der Waals surface area contributed by atoms with Gasteiger partial charge in [0.2, 0.25) is 0 Å². The first-order valence-corrected chi connectivity index (χ1v) is 8.24. The van der Waals surface area contributed by atoms with Crippen molar-refractivity contribution in [2.24, 2.45) is 0 Å². The van der Waals surface area contributed by atoms with Gasteiger partial charge >= 0.3 is 0 Å². The maximum absolute atomic E-state index is 9.11. The van der Waals surface area contributed by atoms with Gasteiger partial charge < -0.3 is 15.2 Å². The van der Waals surface area contributed by atoms with Crippen LogP contribution in [0, 0.1) is 13.8 Å². The Morgan fingerprint density at radius 1 is 1.30 bits per heavy atom. The van der Waals surface area contributed by atoms with Crippen LogP contribution in [-0.2, 0) is 17.8 Å². The number of aromatic nitrogens is 2. The third-order valence-corrected chi connectivity index (χ3v) is 4.60. The predicted molar refractivity (Wildman–Crippen MR) is 89.2 cm³/mol. The highest BCUT2D eigenvalue weighted by atomic mass is 16.5. The number of nitrogens with zero attached hydrogens (tertiary/aromatic N) is 2. The predicted octanol–water partition coefficient (Wildman–Crippen LogP) is 2.11. The van der Waals surface area contributed by atoms with Crippen LogP contribution in [0.1, 0.15) is 35.0 Å². The van der Waals surface area contributed by atoms with Crippen molar-refractivity contribution in [1.82, 2.24) is 15.1 Å². The maximum Gasteiger partial charge on any atom is 0.0978 e. The Labute approximate surface area is 137 Å². The van der Waals surface area contributed by atoms with Crippen molar-refractivity contribution in [3.63, 3.8) is 0 Å². The largest absolute Gasteiger partial charge is 0.394 e. The molecule has 1 aliphatic rings. The highest BCUT2D eigenvalue weighted by molar-refractivity contribution is 5.25. The number of hydrogen-bond donors (Lipinski definition) is 2. The molecule has 2 heterocycles. The van der Waals surface area contributed by atoms with E-state index in [4.69, 9.17) is 9.84 Å². The van der Waals surface area contributed by atoms with Gasteiger partial charge in [0, 0.05) is 30.5 Å². The molecule has 0 spiro atoms. The fourth-order valence-corrected chi connectivity index (χ4v) is 3.31.